The van der Waals surface area contributed by atoms with Crippen LogP contribution in [0.2, 0.25) is 0 Å². The van der Waals surface area contributed by atoms with Gasteiger partial charge in [-0.2, -0.15) is 0 Å². The summed E-state index contributed by atoms with van der Waals surface area (Å²) in [5.74, 6) is 0.381. The highest BCUT2D eigenvalue weighted by Crippen LogP contribution is 2.54. The number of rotatable bonds is 24. The summed E-state index contributed by atoms with van der Waals surface area (Å²) >= 11 is 7.06. The Labute approximate surface area is 320 Å². The van der Waals surface area contributed by atoms with Gasteiger partial charge in [0, 0.05) is 35.8 Å². The zero-order chi connectivity index (χ0) is 35.3. The zero-order valence-corrected chi connectivity index (χ0v) is 35.3. The van der Waals surface area contributed by atoms with E-state index >= 15 is 0 Å². The summed E-state index contributed by atoms with van der Waals surface area (Å²) in [5, 5.41) is 0. The van der Waals surface area contributed by atoms with E-state index in [0.29, 0.717) is 17.4 Å². The fraction of sp³-hybridized carbons (Fsp3) is 0.619. The molecule has 4 aromatic rings. The third-order valence-corrected chi connectivity index (χ3v) is 17.0. The smallest absolute Gasteiger partial charge is 0.264 e. The van der Waals surface area contributed by atoms with Gasteiger partial charge in [-0.3, -0.25) is 4.31 Å². The fourth-order valence-electron chi connectivity index (χ4n) is 7.35. The third-order valence-electron chi connectivity index (χ3n) is 10.3. The van der Waals surface area contributed by atoms with Crippen molar-refractivity contribution in [2.75, 3.05) is 10.8 Å². The van der Waals surface area contributed by atoms with E-state index < -0.39 is 10.0 Å². The van der Waals surface area contributed by atoms with Crippen LogP contribution < -0.4 is 4.31 Å². The van der Waals surface area contributed by atoms with E-state index in [-0.39, 0.29) is 0 Å². The first kappa shape index (κ1) is 39.8. The summed E-state index contributed by atoms with van der Waals surface area (Å²) in [7, 11) is -3.62. The molecule has 0 saturated heterocycles. The monoisotopic (exact) mass is 771 g/mol. The van der Waals surface area contributed by atoms with Crippen LogP contribution in [0.25, 0.3) is 29.3 Å². The molecule has 50 heavy (non-hydrogen) atoms. The van der Waals surface area contributed by atoms with Crippen LogP contribution in [-0.2, 0) is 10.0 Å². The normalized spacial score (nSPS) is 14.3. The number of unbranched alkanes of at least 4 members (excludes halogenated alkanes) is 16. The van der Waals surface area contributed by atoms with Gasteiger partial charge < -0.3 is 0 Å². The molecular weight excluding hydrogens is 711 g/mol. The largest absolute Gasteiger partial charge is 0.265 e. The first-order valence-electron chi connectivity index (χ1n) is 19.8. The predicted octanol–water partition coefficient (Wildman–Crippen LogP) is 15.5. The molecule has 0 fully saturated rings. The van der Waals surface area contributed by atoms with Crippen LogP contribution in [0.1, 0.15) is 152 Å². The molecule has 0 bridgehead atoms. The number of fused-ring (bicyclic) bond motifs is 3. The second-order valence-corrected chi connectivity index (χ2v) is 21.1. The molecule has 0 radical (unpaired) electrons. The summed E-state index contributed by atoms with van der Waals surface area (Å²) < 4.78 is 30.7. The molecule has 0 amide bonds. The minimum atomic E-state index is -3.62. The molecule has 4 aromatic heterocycles. The second kappa shape index (κ2) is 20.1. The maximum absolute atomic E-state index is 14.4. The van der Waals surface area contributed by atoms with Crippen LogP contribution in [0.3, 0.4) is 0 Å². The topological polar surface area (TPSA) is 37.4 Å². The van der Waals surface area contributed by atoms with Crippen LogP contribution in [0.15, 0.2) is 41.3 Å². The highest BCUT2D eigenvalue weighted by Gasteiger charge is 2.39. The second-order valence-electron chi connectivity index (χ2n) is 14.6. The Hall–Kier alpha value is -1.45. The number of sulfonamides is 1. The third kappa shape index (κ3) is 10.8. The number of thiophene rings is 4. The number of anilines is 1. The van der Waals surface area contributed by atoms with Gasteiger partial charge in [-0.05, 0) is 69.0 Å². The van der Waals surface area contributed by atoms with Crippen molar-refractivity contribution in [3.05, 3.63) is 46.2 Å². The van der Waals surface area contributed by atoms with E-state index in [0.717, 1.165) is 33.2 Å². The average Bonchev–Trinajstić information content (AvgIpc) is 3.91. The van der Waals surface area contributed by atoms with Crippen molar-refractivity contribution in [1.82, 2.24) is 0 Å². The van der Waals surface area contributed by atoms with Gasteiger partial charge in [0.05, 0.1) is 15.4 Å². The SMILES string of the molecule is CCCCCCCCCCCCC(CCCCCCCCCC)CN1c2cc(-c3ccc(-c4ccc(C)s4)s3)sc2-c2sc(C)cc2S1(=O)=O. The highest BCUT2D eigenvalue weighted by atomic mass is 32.2. The Morgan fingerprint density at radius 1 is 0.540 bits per heavy atom. The summed E-state index contributed by atoms with van der Waals surface area (Å²) in [4.78, 5) is 9.95. The van der Waals surface area contributed by atoms with E-state index in [1.807, 2.05) is 40.0 Å². The lowest BCUT2D eigenvalue weighted by atomic mass is 9.93. The molecule has 0 saturated carbocycles. The summed E-state index contributed by atoms with van der Waals surface area (Å²) in [6.07, 6.45) is 26.0. The van der Waals surface area contributed by atoms with Crippen LogP contribution in [0.5, 0.6) is 0 Å². The zero-order valence-electron chi connectivity index (χ0n) is 31.2. The Morgan fingerprint density at radius 2 is 1.04 bits per heavy atom. The summed E-state index contributed by atoms with van der Waals surface area (Å²) in [6, 6.07) is 13.0. The number of hydrogen-bond donors (Lipinski definition) is 0. The minimum absolute atomic E-state index is 0.381. The van der Waals surface area contributed by atoms with Crippen molar-refractivity contribution in [3.8, 4) is 29.3 Å². The summed E-state index contributed by atoms with van der Waals surface area (Å²) in [6.45, 7) is 9.36. The highest BCUT2D eigenvalue weighted by molar-refractivity contribution is 7.93. The van der Waals surface area contributed by atoms with Gasteiger partial charge in [0.25, 0.3) is 10.0 Å². The molecule has 3 nitrogen and oxygen atoms in total. The number of hydrogen-bond acceptors (Lipinski definition) is 6. The van der Waals surface area contributed by atoms with Crippen molar-refractivity contribution < 1.29 is 8.42 Å². The lowest BCUT2D eigenvalue weighted by molar-refractivity contribution is 0.409. The molecule has 0 aliphatic carbocycles. The van der Waals surface area contributed by atoms with Crippen LogP contribution >= 0.6 is 45.3 Å². The van der Waals surface area contributed by atoms with E-state index in [1.165, 1.54) is 140 Å². The maximum atomic E-state index is 14.4. The molecule has 276 valence electrons. The van der Waals surface area contributed by atoms with Crippen molar-refractivity contribution in [3.63, 3.8) is 0 Å². The Morgan fingerprint density at radius 3 is 1.58 bits per heavy atom. The maximum Gasteiger partial charge on any atom is 0.265 e. The van der Waals surface area contributed by atoms with Gasteiger partial charge in [-0.1, -0.05) is 129 Å². The van der Waals surface area contributed by atoms with Crippen molar-refractivity contribution in [2.24, 2.45) is 5.92 Å². The van der Waals surface area contributed by atoms with E-state index in [9.17, 15) is 8.42 Å². The molecule has 1 atom stereocenters. The van der Waals surface area contributed by atoms with Crippen molar-refractivity contribution in [2.45, 2.75) is 161 Å². The molecule has 5 rings (SSSR count). The van der Waals surface area contributed by atoms with Gasteiger partial charge in [0.1, 0.15) is 4.90 Å². The minimum Gasteiger partial charge on any atom is -0.264 e. The quantitative estimate of drug-likeness (QED) is 0.0665. The lowest BCUT2D eigenvalue weighted by Crippen LogP contribution is -2.37. The lowest BCUT2D eigenvalue weighted by Gasteiger charge is -2.32. The molecule has 0 N–H and O–H groups in total. The van der Waals surface area contributed by atoms with Gasteiger partial charge >= 0.3 is 0 Å². The summed E-state index contributed by atoms with van der Waals surface area (Å²) in [5.41, 5.74) is 0.908. The standard InChI is InChI=1S/C42H61NO2S5/c1-5-7-9-11-13-15-16-18-20-22-24-34(23-21-19-17-14-12-10-8-6-2)31-43-35-30-39(38-28-27-37(48-38)36-26-25-32(3)46-36)49-41(35)42-40(50(43,44)45)29-33(4)47-42/h25-30,34H,5-24,31H2,1-4H3. The Balaban J connectivity index is 1.29. The molecule has 5 heterocycles. The molecule has 1 unspecified atom stereocenters. The molecule has 1 aliphatic rings. The van der Waals surface area contributed by atoms with Crippen molar-refractivity contribution in [1.29, 1.82) is 0 Å². The van der Waals surface area contributed by atoms with Crippen LogP contribution in [0.4, 0.5) is 5.69 Å². The fourth-order valence-corrected chi connectivity index (χ4v) is 14.0. The van der Waals surface area contributed by atoms with Crippen LogP contribution in [-0.4, -0.2) is 15.0 Å². The van der Waals surface area contributed by atoms with E-state index in [2.05, 4.69) is 51.1 Å². The van der Waals surface area contributed by atoms with Crippen LogP contribution in [0, 0.1) is 19.8 Å². The first-order chi connectivity index (χ1) is 24.3. The molecule has 1 aliphatic heterocycles. The predicted molar refractivity (Wildman–Crippen MR) is 225 cm³/mol. The van der Waals surface area contributed by atoms with Gasteiger partial charge in [-0.15, -0.1) is 45.3 Å². The van der Waals surface area contributed by atoms with Crippen molar-refractivity contribution >= 4 is 61.1 Å². The van der Waals surface area contributed by atoms with E-state index in [1.54, 1.807) is 22.7 Å². The molecular formula is C42H61NO2S5. The average molecular weight is 772 g/mol. The Bertz CT molecular complexity index is 1690. The van der Waals surface area contributed by atoms with Gasteiger partial charge in [0.2, 0.25) is 0 Å². The van der Waals surface area contributed by atoms with Gasteiger partial charge in [0.15, 0.2) is 0 Å². The van der Waals surface area contributed by atoms with Gasteiger partial charge in [-0.25, -0.2) is 8.42 Å². The first-order valence-corrected chi connectivity index (χ1v) is 24.5. The molecule has 0 aromatic carbocycles. The van der Waals surface area contributed by atoms with E-state index in [4.69, 9.17) is 0 Å². The Kier molecular flexibility index (Phi) is 16.0. The number of aryl methyl sites for hydroxylation is 2. The molecule has 8 heteroatoms. The number of nitrogens with zero attached hydrogens (tertiary/aromatic N) is 1. The molecule has 0 spiro atoms.